The molecule has 0 aliphatic carbocycles. The largest absolute Gasteiger partial charge is 0.394 e. The molecule has 10 nitrogen and oxygen atoms in total. The SMILES string of the molecule is CCCCCCCCCCCCCCCCCCCC(=O)N[C@@H](CO[C@@H]1O[C@H](CO)[C@H](O)C(O)C1O)[C@H](O)[C@H](O)CCCCCCCCCCC. The van der Waals surface area contributed by atoms with Crippen LogP contribution in [0.3, 0.4) is 0 Å². The molecule has 0 aromatic carbocycles. The summed E-state index contributed by atoms with van der Waals surface area (Å²) in [5.74, 6) is -0.257. The molecule has 1 fully saturated rings. The first-order chi connectivity index (χ1) is 24.8. The molecular weight excluding hydrogens is 650 g/mol. The lowest BCUT2D eigenvalue weighted by atomic mass is 9.98. The van der Waals surface area contributed by atoms with Crippen molar-refractivity contribution in [3.8, 4) is 0 Å². The van der Waals surface area contributed by atoms with Gasteiger partial charge in [0.25, 0.3) is 0 Å². The molecule has 1 aliphatic rings. The highest BCUT2D eigenvalue weighted by molar-refractivity contribution is 5.76. The molecule has 1 amide bonds. The van der Waals surface area contributed by atoms with Crippen molar-refractivity contribution in [2.24, 2.45) is 0 Å². The van der Waals surface area contributed by atoms with E-state index in [0.29, 0.717) is 6.42 Å². The first-order valence-corrected chi connectivity index (χ1v) is 21.3. The van der Waals surface area contributed by atoms with Crippen molar-refractivity contribution in [2.45, 2.75) is 243 Å². The van der Waals surface area contributed by atoms with Gasteiger partial charge in [0.15, 0.2) is 6.29 Å². The predicted molar refractivity (Wildman–Crippen MR) is 204 cm³/mol. The Hall–Kier alpha value is -0.850. The van der Waals surface area contributed by atoms with Crippen LogP contribution in [0.5, 0.6) is 0 Å². The summed E-state index contributed by atoms with van der Waals surface area (Å²) in [6.07, 6.45) is 22.6. The average Bonchev–Trinajstić information content (AvgIpc) is 3.13. The van der Waals surface area contributed by atoms with Gasteiger partial charge in [-0.3, -0.25) is 4.79 Å². The maximum absolute atomic E-state index is 12.9. The molecule has 1 saturated heterocycles. The lowest BCUT2D eigenvalue weighted by Gasteiger charge is -2.40. The summed E-state index contributed by atoms with van der Waals surface area (Å²) in [5, 5.41) is 64.8. The van der Waals surface area contributed by atoms with Gasteiger partial charge in [0.05, 0.1) is 25.4 Å². The van der Waals surface area contributed by atoms with Crippen LogP contribution in [0.2, 0.25) is 0 Å². The number of carbonyl (C=O) groups is 1. The summed E-state index contributed by atoms with van der Waals surface area (Å²) >= 11 is 0. The zero-order chi connectivity index (χ0) is 37.5. The Labute approximate surface area is 311 Å². The Balaban J connectivity index is 2.39. The minimum absolute atomic E-state index is 0.257. The molecule has 0 radical (unpaired) electrons. The number of nitrogens with one attached hydrogen (secondary N) is 1. The number of ether oxygens (including phenoxy) is 2. The fraction of sp³-hybridized carbons (Fsp3) is 0.976. The lowest BCUT2D eigenvalue weighted by Crippen LogP contribution is -2.60. The van der Waals surface area contributed by atoms with Crippen LogP contribution in [0.15, 0.2) is 0 Å². The summed E-state index contributed by atoms with van der Waals surface area (Å²) in [5.41, 5.74) is 0. The lowest BCUT2D eigenvalue weighted by molar-refractivity contribution is -0.303. The van der Waals surface area contributed by atoms with Crippen LogP contribution in [0.1, 0.15) is 194 Å². The van der Waals surface area contributed by atoms with Crippen LogP contribution in [0, 0.1) is 0 Å². The molecule has 0 bridgehead atoms. The molecule has 7 N–H and O–H groups in total. The normalized spacial score (nSPS) is 22.5. The fourth-order valence-electron chi connectivity index (χ4n) is 7.02. The summed E-state index contributed by atoms with van der Waals surface area (Å²) in [7, 11) is 0. The van der Waals surface area contributed by atoms with E-state index in [1.54, 1.807) is 0 Å². The van der Waals surface area contributed by atoms with Gasteiger partial charge >= 0.3 is 0 Å². The van der Waals surface area contributed by atoms with Gasteiger partial charge in [0, 0.05) is 6.42 Å². The van der Waals surface area contributed by atoms with Gasteiger partial charge in [-0.2, -0.15) is 0 Å². The summed E-state index contributed by atoms with van der Waals surface area (Å²) in [6.45, 7) is 3.58. The zero-order valence-corrected chi connectivity index (χ0v) is 32.7. The van der Waals surface area contributed by atoms with E-state index in [-0.39, 0.29) is 18.9 Å². The number of hydrogen-bond donors (Lipinski definition) is 7. The first kappa shape index (κ1) is 48.2. The quantitative estimate of drug-likeness (QED) is 0.0341. The van der Waals surface area contributed by atoms with Gasteiger partial charge in [-0.05, 0) is 12.8 Å². The van der Waals surface area contributed by atoms with Gasteiger partial charge in [-0.25, -0.2) is 0 Å². The van der Waals surface area contributed by atoms with Gasteiger partial charge < -0.3 is 45.4 Å². The smallest absolute Gasteiger partial charge is 0.220 e. The Kier molecular flexibility index (Phi) is 30.8. The highest BCUT2D eigenvalue weighted by atomic mass is 16.7. The van der Waals surface area contributed by atoms with E-state index < -0.39 is 55.6 Å². The number of rotatable bonds is 35. The number of hydrogen-bond acceptors (Lipinski definition) is 9. The van der Waals surface area contributed by atoms with Crippen molar-refractivity contribution in [3.05, 3.63) is 0 Å². The summed E-state index contributed by atoms with van der Waals surface area (Å²) in [4.78, 5) is 12.9. The fourth-order valence-corrected chi connectivity index (χ4v) is 7.02. The molecule has 2 unspecified atom stereocenters. The third-order valence-corrected chi connectivity index (χ3v) is 10.6. The minimum atomic E-state index is -1.60. The highest BCUT2D eigenvalue weighted by Crippen LogP contribution is 2.23. The Morgan fingerprint density at radius 2 is 1.02 bits per heavy atom. The monoisotopic (exact) mass is 732 g/mol. The first-order valence-electron chi connectivity index (χ1n) is 21.3. The number of aliphatic hydroxyl groups excluding tert-OH is 6. The van der Waals surface area contributed by atoms with E-state index >= 15 is 0 Å². The van der Waals surface area contributed by atoms with Crippen LogP contribution in [-0.4, -0.2) is 98.7 Å². The topological polar surface area (TPSA) is 169 Å². The molecule has 1 heterocycles. The minimum Gasteiger partial charge on any atom is -0.394 e. The van der Waals surface area contributed by atoms with Crippen LogP contribution >= 0.6 is 0 Å². The number of amides is 1. The van der Waals surface area contributed by atoms with Crippen LogP contribution in [0.4, 0.5) is 0 Å². The van der Waals surface area contributed by atoms with Gasteiger partial charge in [0.2, 0.25) is 5.91 Å². The van der Waals surface area contributed by atoms with E-state index in [0.717, 1.165) is 44.9 Å². The molecule has 0 aromatic heterocycles. The Morgan fingerprint density at radius 3 is 1.45 bits per heavy atom. The molecule has 1 aliphatic heterocycles. The van der Waals surface area contributed by atoms with Crippen molar-refractivity contribution in [1.82, 2.24) is 5.32 Å². The predicted octanol–water partition coefficient (Wildman–Crippen LogP) is 6.97. The summed E-state index contributed by atoms with van der Waals surface area (Å²) in [6, 6.07) is -0.982. The Morgan fingerprint density at radius 1 is 0.608 bits per heavy atom. The molecule has 0 saturated carbocycles. The van der Waals surface area contributed by atoms with Crippen molar-refractivity contribution in [3.63, 3.8) is 0 Å². The summed E-state index contributed by atoms with van der Waals surface area (Å²) < 4.78 is 11.1. The van der Waals surface area contributed by atoms with E-state index in [2.05, 4.69) is 19.2 Å². The van der Waals surface area contributed by atoms with E-state index in [4.69, 9.17) is 9.47 Å². The Bertz CT molecular complexity index is 788. The molecular formula is C41H81NO9. The molecule has 0 aromatic rings. The standard InChI is InChI=1S/C41H81NO9/c1-3-5-7-9-11-13-14-15-16-17-18-19-20-22-24-26-28-30-36(45)42-33(32-50-41-40(49)39(48)38(47)35(31-43)51-41)37(46)34(44)29-27-25-23-21-12-10-8-6-4-2/h33-35,37-41,43-44,46-49H,3-32H2,1-2H3,(H,42,45)/t33-,34+,35+,37-,38-,39?,40?,41+/m0/s1. The third-order valence-electron chi connectivity index (χ3n) is 10.6. The number of unbranched alkanes of at least 4 members (excludes halogenated alkanes) is 24. The molecule has 304 valence electrons. The zero-order valence-electron chi connectivity index (χ0n) is 32.7. The van der Waals surface area contributed by atoms with Crippen LogP contribution in [-0.2, 0) is 14.3 Å². The second-order valence-electron chi connectivity index (χ2n) is 15.3. The molecule has 8 atom stereocenters. The average molecular weight is 732 g/mol. The maximum atomic E-state index is 12.9. The molecule has 1 rings (SSSR count). The maximum Gasteiger partial charge on any atom is 0.220 e. The van der Waals surface area contributed by atoms with E-state index in [1.807, 2.05) is 0 Å². The van der Waals surface area contributed by atoms with E-state index in [1.165, 1.54) is 122 Å². The molecule has 10 heteroatoms. The highest BCUT2D eigenvalue weighted by Gasteiger charge is 2.44. The van der Waals surface area contributed by atoms with Crippen molar-refractivity contribution >= 4 is 5.91 Å². The van der Waals surface area contributed by atoms with Crippen LogP contribution < -0.4 is 5.32 Å². The van der Waals surface area contributed by atoms with Gasteiger partial charge in [0.1, 0.15) is 30.5 Å². The van der Waals surface area contributed by atoms with Crippen molar-refractivity contribution in [2.75, 3.05) is 13.2 Å². The van der Waals surface area contributed by atoms with E-state index in [9.17, 15) is 35.4 Å². The van der Waals surface area contributed by atoms with Crippen molar-refractivity contribution < 1.29 is 44.9 Å². The molecule has 0 spiro atoms. The second-order valence-corrected chi connectivity index (χ2v) is 15.3. The van der Waals surface area contributed by atoms with Gasteiger partial charge in [-0.1, -0.05) is 174 Å². The third kappa shape index (κ3) is 23.5. The number of aliphatic hydroxyl groups is 6. The van der Waals surface area contributed by atoms with Gasteiger partial charge in [-0.15, -0.1) is 0 Å². The molecule has 51 heavy (non-hydrogen) atoms. The number of carbonyl (C=O) groups excluding carboxylic acids is 1. The van der Waals surface area contributed by atoms with Crippen LogP contribution in [0.25, 0.3) is 0 Å². The van der Waals surface area contributed by atoms with Crippen molar-refractivity contribution in [1.29, 1.82) is 0 Å². The second kappa shape index (κ2) is 32.6.